The summed E-state index contributed by atoms with van der Waals surface area (Å²) < 4.78 is 0. The molecule has 0 aliphatic heterocycles. The number of hydrogen-bond donors (Lipinski definition) is 3. The predicted octanol–water partition coefficient (Wildman–Crippen LogP) is 2.76. The van der Waals surface area contributed by atoms with E-state index in [0.29, 0.717) is 12.4 Å². The number of aryl methyl sites for hydroxylation is 1. The fourth-order valence-electron chi connectivity index (χ4n) is 3.82. The molecule has 1 saturated carbocycles. The van der Waals surface area contributed by atoms with Crippen LogP contribution in [0.3, 0.4) is 0 Å². The Morgan fingerprint density at radius 2 is 2.22 bits per heavy atom. The molecule has 2 unspecified atom stereocenters. The van der Waals surface area contributed by atoms with E-state index in [2.05, 4.69) is 46.6 Å². The van der Waals surface area contributed by atoms with Gasteiger partial charge in [0.05, 0.1) is 6.04 Å². The maximum Gasteiger partial charge on any atom is 0.320 e. The molecule has 0 spiro atoms. The molecule has 126 valence electrons. The highest BCUT2D eigenvalue weighted by Gasteiger charge is 2.41. The van der Waals surface area contributed by atoms with Crippen molar-refractivity contribution in [2.24, 2.45) is 15.8 Å². The van der Waals surface area contributed by atoms with Crippen LogP contribution in [0.5, 0.6) is 0 Å². The number of amides is 2. The van der Waals surface area contributed by atoms with Crippen LogP contribution in [0.1, 0.15) is 45.7 Å². The lowest BCUT2D eigenvalue weighted by Gasteiger charge is -2.45. The van der Waals surface area contributed by atoms with Gasteiger partial charge >= 0.3 is 6.03 Å². The number of aliphatic imine (C=N–C) groups is 1. The van der Waals surface area contributed by atoms with Crippen molar-refractivity contribution in [1.82, 2.24) is 15.5 Å². The van der Waals surface area contributed by atoms with Gasteiger partial charge in [-0.25, -0.2) is 14.6 Å². The number of carbonyl (C=O) groups excluding carboxylic acids is 2. The zero-order valence-electron chi connectivity index (χ0n) is 14.2. The molecule has 7 heteroatoms. The van der Waals surface area contributed by atoms with E-state index in [0.717, 1.165) is 25.0 Å². The molecular formula is C16H25N5O2. The van der Waals surface area contributed by atoms with Gasteiger partial charge in [0, 0.05) is 18.3 Å². The molecule has 2 atom stereocenters. The van der Waals surface area contributed by atoms with E-state index < -0.39 is 0 Å². The van der Waals surface area contributed by atoms with Gasteiger partial charge in [-0.2, -0.15) is 5.10 Å². The third kappa shape index (κ3) is 4.93. The number of carbonyl (C=O) groups is 1. The SMILES string of the molecule is Cc1cc(NC(=O)NCC2(C)CC(N=C=O)CC(C)(C)C2)n[nH]1. The molecule has 1 aliphatic carbocycles. The van der Waals surface area contributed by atoms with Gasteiger partial charge in [0.2, 0.25) is 6.08 Å². The third-order valence-electron chi connectivity index (χ3n) is 4.28. The molecule has 1 aromatic heterocycles. The molecule has 0 bridgehead atoms. The number of rotatable bonds is 4. The van der Waals surface area contributed by atoms with Gasteiger partial charge in [0.25, 0.3) is 0 Å². The molecule has 0 saturated heterocycles. The molecule has 2 rings (SSSR count). The van der Waals surface area contributed by atoms with Crippen LogP contribution >= 0.6 is 0 Å². The molecule has 7 nitrogen and oxygen atoms in total. The Hall–Kier alpha value is -2.14. The summed E-state index contributed by atoms with van der Waals surface area (Å²) >= 11 is 0. The summed E-state index contributed by atoms with van der Waals surface area (Å²) in [4.78, 5) is 26.5. The summed E-state index contributed by atoms with van der Waals surface area (Å²) in [6.07, 6.45) is 4.28. The van der Waals surface area contributed by atoms with Crippen LogP contribution < -0.4 is 10.6 Å². The maximum absolute atomic E-state index is 12.0. The number of nitrogens with zero attached hydrogens (tertiary/aromatic N) is 2. The summed E-state index contributed by atoms with van der Waals surface area (Å²) in [6.45, 7) is 8.86. The summed E-state index contributed by atoms with van der Waals surface area (Å²) in [5.41, 5.74) is 0.858. The average Bonchev–Trinajstić information content (AvgIpc) is 2.80. The van der Waals surface area contributed by atoms with Crippen molar-refractivity contribution in [3.63, 3.8) is 0 Å². The molecule has 0 aromatic carbocycles. The Balaban J connectivity index is 1.94. The van der Waals surface area contributed by atoms with Crippen LogP contribution in [0.2, 0.25) is 0 Å². The lowest BCUT2D eigenvalue weighted by atomic mass is 9.63. The summed E-state index contributed by atoms with van der Waals surface area (Å²) in [6, 6.07) is 1.46. The summed E-state index contributed by atoms with van der Waals surface area (Å²) in [5, 5.41) is 12.4. The van der Waals surface area contributed by atoms with Crippen LogP contribution in [-0.4, -0.2) is 34.9 Å². The van der Waals surface area contributed by atoms with E-state index in [1.54, 1.807) is 12.1 Å². The fourth-order valence-corrected chi connectivity index (χ4v) is 3.82. The van der Waals surface area contributed by atoms with Crippen LogP contribution in [-0.2, 0) is 4.79 Å². The van der Waals surface area contributed by atoms with E-state index >= 15 is 0 Å². The van der Waals surface area contributed by atoms with E-state index in [4.69, 9.17) is 0 Å². The van der Waals surface area contributed by atoms with Gasteiger partial charge in [-0.3, -0.25) is 10.4 Å². The van der Waals surface area contributed by atoms with Crippen molar-refractivity contribution in [2.45, 2.75) is 53.0 Å². The molecular weight excluding hydrogens is 294 g/mol. The first-order valence-corrected chi connectivity index (χ1v) is 7.85. The van der Waals surface area contributed by atoms with Gasteiger partial charge < -0.3 is 5.32 Å². The highest BCUT2D eigenvalue weighted by Crippen LogP contribution is 2.46. The van der Waals surface area contributed by atoms with Crippen molar-refractivity contribution in [1.29, 1.82) is 0 Å². The number of H-pyrrole nitrogens is 1. The molecule has 1 aromatic rings. The van der Waals surface area contributed by atoms with Crippen LogP contribution in [0.15, 0.2) is 11.1 Å². The molecule has 3 N–H and O–H groups in total. The molecule has 23 heavy (non-hydrogen) atoms. The number of aromatic amines is 1. The van der Waals surface area contributed by atoms with Crippen molar-refractivity contribution in [2.75, 3.05) is 11.9 Å². The average molecular weight is 319 g/mol. The quantitative estimate of drug-likeness (QED) is 0.587. The molecule has 1 aliphatic rings. The molecule has 2 amide bonds. The van der Waals surface area contributed by atoms with Gasteiger partial charge in [0.15, 0.2) is 5.82 Å². The van der Waals surface area contributed by atoms with Crippen molar-refractivity contribution in [3.8, 4) is 0 Å². The number of urea groups is 1. The molecule has 0 radical (unpaired) electrons. The summed E-state index contributed by atoms with van der Waals surface area (Å²) in [7, 11) is 0. The monoisotopic (exact) mass is 319 g/mol. The highest BCUT2D eigenvalue weighted by molar-refractivity contribution is 5.88. The standard InChI is InChI=1S/C16H25N5O2/c1-11-5-13(21-20-11)19-14(23)17-9-16(4)7-12(18-10-22)6-15(2,3)8-16/h5,12H,6-9H2,1-4H3,(H3,17,19,20,21,23). The van der Waals surface area contributed by atoms with Gasteiger partial charge in [-0.1, -0.05) is 20.8 Å². The zero-order chi connectivity index (χ0) is 17.1. The Kier molecular flexibility index (Phi) is 4.90. The maximum atomic E-state index is 12.0. The predicted molar refractivity (Wildman–Crippen MR) is 88.0 cm³/mol. The normalized spacial score (nSPS) is 26.2. The smallest absolute Gasteiger partial charge is 0.320 e. The first-order chi connectivity index (χ1) is 10.7. The molecule has 1 fully saturated rings. The number of nitrogens with one attached hydrogen (secondary N) is 3. The highest BCUT2D eigenvalue weighted by atomic mass is 16.2. The second kappa shape index (κ2) is 6.54. The minimum absolute atomic E-state index is 0.0277. The Bertz CT molecular complexity index is 618. The van der Waals surface area contributed by atoms with Crippen molar-refractivity contribution >= 4 is 17.9 Å². The van der Waals surface area contributed by atoms with Crippen molar-refractivity contribution in [3.05, 3.63) is 11.8 Å². The third-order valence-corrected chi connectivity index (χ3v) is 4.28. The number of aromatic nitrogens is 2. The van der Waals surface area contributed by atoms with E-state index in [9.17, 15) is 9.59 Å². The van der Waals surface area contributed by atoms with E-state index in [1.165, 1.54) is 0 Å². The first kappa shape index (κ1) is 17.2. The Morgan fingerprint density at radius 3 is 2.83 bits per heavy atom. The van der Waals surface area contributed by atoms with Crippen LogP contribution in [0.25, 0.3) is 0 Å². The van der Waals surface area contributed by atoms with Gasteiger partial charge in [-0.05, 0) is 37.0 Å². The van der Waals surface area contributed by atoms with Gasteiger partial charge in [-0.15, -0.1) is 0 Å². The zero-order valence-corrected chi connectivity index (χ0v) is 14.2. The Labute approximate surface area is 136 Å². The summed E-state index contributed by atoms with van der Waals surface area (Å²) in [5.74, 6) is 0.498. The number of hydrogen-bond acceptors (Lipinski definition) is 4. The largest absolute Gasteiger partial charge is 0.337 e. The van der Waals surface area contributed by atoms with Crippen LogP contribution in [0, 0.1) is 17.8 Å². The minimum atomic E-state index is -0.281. The lowest BCUT2D eigenvalue weighted by molar-refractivity contribution is 0.0855. The fraction of sp³-hybridized carbons (Fsp3) is 0.688. The Morgan fingerprint density at radius 1 is 1.48 bits per heavy atom. The second-order valence-corrected chi connectivity index (χ2v) is 7.68. The van der Waals surface area contributed by atoms with E-state index in [1.807, 2.05) is 6.92 Å². The molecule has 1 heterocycles. The first-order valence-electron chi connectivity index (χ1n) is 7.85. The second-order valence-electron chi connectivity index (χ2n) is 7.68. The number of anilines is 1. The topological polar surface area (TPSA) is 99.2 Å². The minimum Gasteiger partial charge on any atom is -0.337 e. The van der Waals surface area contributed by atoms with Crippen molar-refractivity contribution < 1.29 is 9.59 Å². The van der Waals surface area contributed by atoms with E-state index in [-0.39, 0.29) is 22.9 Å². The van der Waals surface area contributed by atoms with Gasteiger partial charge in [0.1, 0.15) is 0 Å². The van der Waals surface area contributed by atoms with Crippen LogP contribution in [0.4, 0.5) is 10.6 Å². The number of isocyanates is 1. The lowest BCUT2D eigenvalue weighted by Crippen LogP contribution is -2.45.